The maximum absolute atomic E-state index is 12.5. The summed E-state index contributed by atoms with van der Waals surface area (Å²) in [4.78, 5) is 63.4. The van der Waals surface area contributed by atoms with E-state index in [9.17, 15) is 29.1 Å². The number of carboxylic acids is 1. The Morgan fingerprint density at radius 3 is 2.12 bits per heavy atom. The van der Waals surface area contributed by atoms with Gasteiger partial charge in [-0.1, -0.05) is 24.8 Å². The van der Waals surface area contributed by atoms with Crippen LogP contribution in [0.1, 0.15) is 59.9 Å². The monoisotopic (exact) mass is 577 g/mol. The average Bonchev–Trinajstić information content (AvgIpc) is 2.82. The minimum absolute atomic E-state index is 0.0264. The van der Waals surface area contributed by atoms with Crippen LogP contribution in [0.5, 0.6) is 5.75 Å². The van der Waals surface area contributed by atoms with Gasteiger partial charge in [0, 0.05) is 13.0 Å². The van der Waals surface area contributed by atoms with Crippen molar-refractivity contribution >= 4 is 35.9 Å². The zero-order chi connectivity index (χ0) is 31.2. The van der Waals surface area contributed by atoms with Crippen molar-refractivity contribution in [3.05, 3.63) is 42.5 Å². The molecule has 1 aromatic rings. The van der Waals surface area contributed by atoms with Crippen molar-refractivity contribution in [3.8, 4) is 5.75 Å². The predicted octanol–water partition coefficient (Wildman–Crippen LogP) is 4.18. The molecule has 0 spiro atoms. The molecule has 0 saturated heterocycles. The Morgan fingerprint density at radius 2 is 1.59 bits per heavy atom. The third kappa shape index (κ3) is 15.7. The number of alkyl carbamates (subject to hydrolysis) is 1. The molecular weight excluding hydrogens is 538 g/mol. The van der Waals surface area contributed by atoms with Crippen molar-refractivity contribution in [3.63, 3.8) is 0 Å². The Bertz CT molecular complexity index is 1120. The third-order valence-corrected chi connectivity index (χ3v) is 4.62. The largest absolute Gasteiger partial charge is 0.477 e. The van der Waals surface area contributed by atoms with Crippen molar-refractivity contribution in [2.24, 2.45) is 4.99 Å². The molecule has 1 rings (SSSR count). The van der Waals surface area contributed by atoms with Gasteiger partial charge >= 0.3 is 30.2 Å². The molecule has 13 nitrogen and oxygen atoms in total. The Morgan fingerprint density at radius 1 is 0.976 bits per heavy atom. The highest BCUT2D eigenvalue weighted by Crippen LogP contribution is 2.15. The van der Waals surface area contributed by atoms with Gasteiger partial charge in [0.05, 0.1) is 0 Å². The van der Waals surface area contributed by atoms with Gasteiger partial charge in [0.15, 0.2) is 0 Å². The first-order valence-corrected chi connectivity index (χ1v) is 12.8. The van der Waals surface area contributed by atoms with Crippen LogP contribution >= 0.6 is 0 Å². The molecule has 0 aromatic heterocycles. The number of aliphatic imine (C=N–C) groups is 1. The van der Waals surface area contributed by atoms with Gasteiger partial charge in [-0.05, 0) is 72.1 Å². The number of nitrogens with one attached hydrogen (secondary N) is 2. The Balaban J connectivity index is 2.66. The molecule has 13 heteroatoms. The fraction of sp³-hybridized carbons (Fsp3) is 0.500. The standard InChI is InChI=1S/C28H39N3O10/c1-8-16-38-23(34)21(31-26(37)41-28(5,6)7)17-18-11-13-19(14-12-18)39-24(35)29-15-9-10-20(22(32)33)30-25(36)40-27(2,3)4/h8,11-14,21H,1,9-10,15-17H2,2-7H3,(H,29,35)(H,31,37)(H,32,33)/t21-/m0/s1. The third-order valence-electron chi connectivity index (χ3n) is 4.62. The summed E-state index contributed by atoms with van der Waals surface area (Å²) in [7, 11) is 0. The van der Waals surface area contributed by atoms with Gasteiger partial charge in [-0.25, -0.2) is 24.0 Å². The summed E-state index contributed by atoms with van der Waals surface area (Å²) in [5, 5.41) is 14.2. The van der Waals surface area contributed by atoms with Crippen LogP contribution in [0.15, 0.2) is 41.9 Å². The van der Waals surface area contributed by atoms with Gasteiger partial charge in [-0.15, -0.1) is 0 Å². The lowest BCUT2D eigenvalue weighted by Crippen LogP contribution is -2.45. The molecule has 1 aromatic carbocycles. The second-order valence-electron chi connectivity index (χ2n) is 10.7. The Labute approximate surface area is 239 Å². The lowest BCUT2D eigenvalue weighted by molar-refractivity contribution is -0.144. The molecule has 0 heterocycles. The molecule has 41 heavy (non-hydrogen) atoms. The number of carboxylic acid groups (broad SMARTS) is 1. The predicted molar refractivity (Wildman–Crippen MR) is 149 cm³/mol. The normalized spacial score (nSPS) is 12.4. The molecule has 226 valence electrons. The van der Waals surface area contributed by atoms with E-state index in [0.29, 0.717) is 5.56 Å². The van der Waals surface area contributed by atoms with Gasteiger partial charge in [0.2, 0.25) is 0 Å². The molecule has 0 aliphatic heterocycles. The first-order chi connectivity index (χ1) is 19.0. The summed E-state index contributed by atoms with van der Waals surface area (Å²) in [6, 6.07) is 5.20. The van der Waals surface area contributed by atoms with Gasteiger partial charge < -0.3 is 34.7 Å². The first kappa shape index (κ1) is 34.6. The number of carbonyl (C=O) groups excluding carboxylic acids is 4. The fourth-order valence-electron chi connectivity index (χ4n) is 3.01. The van der Waals surface area contributed by atoms with E-state index in [-0.39, 0.29) is 38.2 Å². The van der Waals surface area contributed by atoms with Crippen LogP contribution < -0.4 is 15.4 Å². The highest BCUT2D eigenvalue weighted by molar-refractivity contribution is 6.37. The number of carbonyl (C=O) groups is 5. The summed E-state index contributed by atoms with van der Waals surface area (Å²) >= 11 is 0. The van der Waals surface area contributed by atoms with Crippen molar-refractivity contribution < 1.29 is 48.0 Å². The van der Waals surface area contributed by atoms with Crippen LogP contribution in [0.25, 0.3) is 0 Å². The molecule has 0 bridgehead atoms. The van der Waals surface area contributed by atoms with Gasteiger partial charge in [0.1, 0.15) is 35.3 Å². The average molecular weight is 578 g/mol. The summed E-state index contributed by atoms with van der Waals surface area (Å²) in [5.41, 5.74) is -1.33. The summed E-state index contributed by atoms with van der Waals surface area (Å²) < 4.78 is 20.5. The molecule has 0 aliphatic rings. The maximum Gasteiger partial charge on any atom is 0.434 e. The quantitative estimate of drug-likeness (QED) is 0.107. The number of hydrogen-bond donors (Lipinski definition) is 3. The van der Waals surface area contributed by atoms with E-state index in [2.05, 4.69) is 22.2 Å². The van der Waals surface area contributed by atoms with Gasteiger partial charge in [0.25, 0.3) is 0 Å². The molecule has 3 N–H and O–H groups in total. The van der Waals surface area contributed by atoms with Gasteiger partial charge in [-0.2, -0.15) is 4.99 Å². The van der Waals surface area contributed by atoms with Crippen molar-refractivity contribution in [2.45, 2.75) is 78.0 Å². The smallest absolute Gasteiger partial charge is 0.434 e. The topological polar surface area (TPSA) is 179 Å². The second-order valence-corrected chi connectivity index (χ2v) is 10.7. The van der Waals surface area contributed by atoms with Crippen LogP contribution in [0.3, 0.4) is 0 Å². The van der Waals surface area contributed by atoms with E-state index in [1.54, 1.807) is 53.7 Å². The number of ether oxygens (including phenoxy) is 4. The summed E-state index contributed by atoms with van der Waals surface area (Å²) in [5.74, 6) is -1.83. The molecule has 0 saturated carbocycles. The van der Waals surface area contributed by atoms with E-state index in [4.69, 9.17) is 18.9 Å². The molecule has 3 amide bonds. The number of esters is 1. The van der Waals surface area contributed by atoms with Crippen LogP contribution in [0.2, 0.25) is 0 Å². The summed E-state index contributed by atoms with van der Waals surface area (Å²) in [6.07, 6.45) is -0.989. The number of amides is 3. The molecule has 0 radical (unpaired) electrons. The second kappa shape index (κ2) is 16.0. The SMILES string of the molecule is C=CCOC(=O)[C@H](Cc1ccc(OC(=O)NCCCC(=NC(=O)OC(C)(C)C)C(=O)O)cc1)NC(=O)OC(C)(C)C. The lowest BCUT2D eigenvalue weighted by atomic mass is 10.1. The van der Waals surface area contributed by atoms with E-state index in [0.717, 1.165) is 0 Å². The minimum Gasteiger partial charge on any atom is -0.477 e. The van der Waals surface area contributed by atoms with Crippen LogP contribution in [-0.2, 0) is 30.2 Å². The van der Waals surface area contributed by atoms with Crippen LogP contribution in [0, 0.1) is 0 Å². The lowest BCUT2D eigenvalue weighted by Gasteiger charge is -2.23. The zero-order valence-electron chi connectivity index (χ0n) is 24.3. The number of hydrogen-bond acceptors (Lipinski definition) is 9. The number of benzene rings is 1. The van der Waals surface area contributed by atoms with E-state index in [1.807, 2.05) is 0 Å². The Kier molecular flexibility index (Phi) is 13.5. The molecule has 0 aliphatic carbocycles. The maximum atomic E-state index is 12.5. The van der Waals surface area contributed by atoms with Crippen molar-refractivity contribution in [1.82, 2.24) is 10.6 Å². The fourth-order valence-corrected chi connectivity index (χ4v) is 3.01. The van der Waals surface area contributed by atoms with Crippen LogP contribution in [0.4, 0.5) is 14.4 Å². The summed E-state index contributed by atoms with van der Waals surface area (Å²) in [6.45, 7) is 13.5. The number of rotatable bonds is 12. The minimum atomic E-state index is -1.36. The molecule has 0 fully saturated rings. The zero-order valence-corrected chi connectivity index (χ0v) is 24.3. The number of nitrogens with zero attached hydrogens (tertiary/aromatic N) is 1. The van der Waals surface area contributed by atoms with E-state index >= 15 is 0 Å². The molecule has 1 atom stereocenters. The van der Waals surface area contributed by atoms with E-state index in [1.165, 1.54) is 18.2 Å². The van der Waals surface area contributed by atoms with Crippen molar-refractivity contribution in [2.75, 3.05) is 13.2 Å². The Hall–Kier alpha value is -4.42. The first-order valence-electron chi connectivity index (χ1n) is 12.8. The highest BCUT2D eigenvalue weighted by atomic mass is 16.6. The van der Waals surface area contributed by atoms with Gasteiger partial charge in [-0.3, -0.25) is 0 Å². The number of aliphatic carboxylic acids is 1. The van der Waals surface area contributed by atoms with Crippen molar-refractivity contribution in [1.29, 1.82) is 0 Å². The molecular formula is C28H39N3O10. The van der Waals surface area contributed by atoms with Crippen LogP contribution in [-0.4, -0.2) is 71.4 Å². The molecule has 0 unspecified atom stereocenters. The van der Waals surface area contributed by atoms with E-state index < -0.39 is 53.2 Å². The highest BCUT2D eigenvalue weighted by Gasteiger charge is 2.26.